The Kier molecular flexibility index (Phi) is 8.82. The summed E-state index contributed by atoms with van der Waals surface area (Å²) in [4.78, 5) is 42.4. The standard InChI is InChI=1S/C23H24BrN3O6/c1-2-31-22(29)16-8-10-17(11-9-16)25-21(28)19(12-18-13-20(24)27-33-18)26-23(30)32-14-15-6-4-3-5-7-15/h3-11,18-19H,2,12-14H2,1H3,(H,25,28)(H,26,30). The summed E-state index contributed by atoms with van der Waals surface area (Å²) < 4.78 is 10.8. The minimum Gasteiger partial charge on any atom is -0.462 e. The van der Waals surface area contributed by atoms with Gasteiger partial charge in [-0.25, -0.2) is 9.59 Å². The van der Waals surface area contributed by atoms with Crippen LogP contribution >= 0.6 is 15.9 Å². The monoisotopic (exact) mass is 517 g/mol. The average molecular weight is 518 g/mol. The summed E-state index contributed by atoms with van der Waals surface area (Å²) in [6.07, 6.45) is -0.435. The van der Waals surface area contributed by atoms with E-state index < -0.39 is 24.0 Å². The van der Waals surface area contributed by atoms with Gasteiger partial charge in [0.15, 0.2) is 0 Å². The molecule has 2 atom stereocenters. The minimum atomic E-state index is -0.934. The van der Waals surface area contributed by atoms with Crippen LogP contribution < -0.4 is 10.6 Å². The van der Waals surface area contributed by atoms with Gasteiger partial charge in [0.2, 0.25) is 5.91 Å². The zero-order valence-electron chi connectivity index (χ0n) is 18.0. The van der Waals surface area contributed by atoms with Gasteiger partial charge in [0, 0.05) is 18.5 Å². The molecule has 0 spiro atoms. The number of ether oxygens (including phenoxy) is 2. The van der Waals surface area contributed by atoms with Crippen molar-refractivity contribution in [1.29, 1.82) is 0 Å². The summed E-state index contributed by atoms with van der Waals surface area (Å²) in [7, 11) is 0. The quantitative estimate of drug-likeness (QED) is 0.486. The number of carbonyl (C=O) groups is 3. The van der Waals surface area contributed by atoms with Gasteiger partial charge in [-0.3, -0.25) is 4.79 Å². The molecule has 0 saturated carbocycles. The number of oxime groups is 1. The molecule has 0 bridgehead atoms. The number of hydrogen-bond acceptors (Lipinski definition) is 7. The lowest BCUT2D eigenvalue weighted by molar-refractivity contribution is -0.119. The van der Waals surface area contributed by atoms with E-state index in [1.807, 2.05) is 30.3 Å². The van der Waals surface area contributed by atoms with Crippen LogP contribution in [0.4, 0.5) is 10.5 Å². The van der Waals surface area contributed by atoms with Gasteiger partial charge in [0.1, 0.15) is 23.4 Å². The molecule has 0 saturated heterocycles. The fraction of sp³-hybridized carbons (Fsp3) is 0.304. The minimum absolute atomic E-state index is 0.0743. The number of hydrogen-bond donors (Lipinski definition) is 2. The second kappa shape index (κ2) is 12.0. The van der Waals surface area contributed by atoms with E-state index in [0.717, 1.165) is 5.56 Å². The molecule has 0 radical (unpaired) electrons. The first kappa shape index (κ1) is 24.2. The number of esters is 1. The molecule has 0 aromatic heterocycles. The third-order valence-corrected chi connectivity index (χ3v) is 5.15. The molecule has 3 rings (SSSR count). The highest BCUT2D eigenvalue weighted by Crippen LogP contribution is 2.20. The third-order valence-electron chi connectivity index (χ3n) is 4.68. The number of anilines is 1. The SMILES string of the molecule is CCOC(=O)c1ccc(NC(=O)C(CC2CC(Br)=NO2)NC(=O)OCc2ccccc2)cc1. The molecule has 2 amide bonds. The summed E-state index contributed by atoms with van der Waals surface area (Å²) in [5, 5.41) is 9.16. The number of benzene rings is 2. The van der Waals surface area contributed by atoms with E-state index in [9.17, 15) is 14.4 Å². The van der Waals surface area contributed by atoms with E-state index in [4.69, 9.17) is 14.3 Å². The smallest absolute Gasteiger partial charge is 0.408 e. The highest BCUT2D eigenvalue weighted by molar-refractivity contribution is 9.18. The molecule has 2 unspecified atom stereocenters. The van der Waals surface area contributed by atoms with E-state index in [1.54, 1.807) is 31.2 Å². The molecule has 33 heavy (non-hydrogen) atoms. The summed E-state index contributed by atoms with van der Waals surface area (Å²) in [5.41, 5.74) is 1.66. The molecule has 1 aliphatic heterocycles. The molecule has 2 N–H and O–H groups in total. The summed E-state index contributed by atoms with van der Waals surface area (Å²) in [6.45, 7) is 2.07. The number of carbonyl (C=O) groups excluding carboxylic acids is 3. The fourth-order valence-electron chi connectivity index (χ4n) is 3.06. The first-order chi connectivity index (χ1) is 15.9. The number of nitrogens with one attached hydrogen (secondary N) is 2. The van der Waals surface area contributed by atoms with Gasteiger partial charge in [-0.15, -0.1) is 0 Å². The summed E-state index contributed by atoms with van der Waals surface area (Å²) >= 11 is 3.27. The topological polar surface area (TPSA) is 115 Å². The molecule has 0 fully saturated rings. The molecule has 1 heterocycles. The zero-order chi connectivity index (χ0) is 23.6. The predicted octanol–water partition coefficient (Wildman–Crippen LogP) is 3.98. The Balaban J connectivity index is 1.61. The maximum atomic E-state index is 12.9. The highest BCUT2D eigenvalue weighted by atomic mass is 79.9. The molecular formula is C23H24BrN3O6. The lowest BCUT2D eigenvalue weighted by atomic mass is 10.1. The largest absolute Gasteiger partial charge is 0.462 e. The van der Waals surface area contributed by atoms with Gasteiger partial charge >= 0.3 is 12.1 Å². The van der Waals surface area contributed by atoms with Crippen molar-refractivity contribution >= 4 is 44.2 Å². The van der Waals surface area contributed by atoms with Crippen LogP contribution in [0.5, 0.6) is 0 Å². The van der Waals surface area contributed by atoms with E-state index in [1.165, 1.54) is 0 Å². The molecule has 0 aliphatic carbocycles. The van der Waals surface area contributed by atoms with Crippen LogP contribution in [-0.2, 0) is 25.7 Å². The molecule has 2 aromatic carbocycles. The van der Waals surface area contributed by atoms with Crippen molar-refractivity contribution in [2.75, 3.05) is 11.9 Å². The Hall–Kier alpha value is -3.40. The van der Waals surface area contributed by atoms with Crippen LogP contribution in [-0.4, -0.2) is 41.3 Å². The van der Waals surface area contributed by atoms with Crippen LogP contribution in [0.15, 0.2) is 59.8 Å². The molecule has 2 aromatic rings. The second-order valence-corrected chi connectivity index (χ2v) is 8.10. The molecule has 9 nitrogen and oxygen atoms in total. The predicted molar refractivity (Wildman–Crippen MR) is 125 cm³/mol. The van der Waals surface area contributed by atoms with E-state index in [-0.39, 0.29) is 25.7 Å². The highest BCUT2D eigenvalue weighted by Gasteiger charge is 2.29. The van der Waals surface area contributed by atoms with Gasteiger partial charge in [-0.2, -0.15) is 0 Å². The second-order valence-electron chi connectivity index (χ2n) is 7.18. The van der Waals surface area contributed by atoms with E-state index in [2.05, 4.69) is 31.7 Å². The Bertz CT molecular complexity index is 997. The molecule has 1 aliphatic rings. The Morgan fingerprint density at radius 3 is 2.48 bits per heavy atom. The van der Waals surface area contributed by atoms with E-state index in [0.29, 0.717) is 22.3 Å². The molecular weight excluding hydrogens is 494 g/mol. The Morgan fingerprint density at radius 1 is 1.12 bits per heavy atom. The lowest BCUT2D eigenvalue weighted by Gasteiger charge is -2.20. The first-order valence-electron chi connectivity index (χ1n) is 10.4. The Labute approximate surface area is 199 Å². The van der Waals surface area contributed by atoms with Crippen LogP contribution in [0.2, 0.25) is 0 Å². The van der Waals surface area contributed by atoms with Crippen molar-refractivity contribution in [2.24, 2.45) is 5.16 Å². The van der Waals surface area contributed by atoms with Crippen molar-refractivity contribution in [3.8, 4) is 0 Å². The van der Waals surface area contributed by atoms with Gasteiger partial charge < -0.3 is 24.9 Å². The van der Waals surface area contributed by atoms with Crippen LogP contribution in [0.3, 0.4) is 0 Å². The normalized spacial score (nSPS) is 15.6. The van der Waals surface area contributed by atoms with Crippen molar-refractivity contribution in [2.45, 2.75) is 38.5 Å². The van der Waals surface area contributed by atoms with Gasteiger partial charge in [-0.1, -0.05) is 35.5 Å². The van der Waals surface area contributed by atoms with Crippen LogP contribution in [0.1, 0.15) is 35.7 Å². The first-order valence-corrected chi connectivity index (χ1v) is 11.2. The zero-order valence-corrected chi connectivity index (χ0v) is 19.5. The van der Waals surface area contributed by atoms with E-state index >= 15 is 0 Å². The van der Waals surface area contributed by atoms with Crippen molar-refractivity contribution in [3.63, 3.8) is 0 Å². The maximum Gasteiger partial charge on any atom is 0.408 e. The lowest BCUT2D eigenvalue weighted by Crippen LogP contribution is -2.45. The summed E-state index contributed by atoms with van der Waals surface area (Å²) in [6, 6.07) is 14.6. The van der Waals surface area contributed by atoms with Crippen LogP contribution in [0, 0.1) is 0 Å². The van der Waals surface area contributed by atoms with Crippen molar-refractivity contribution in [3.05, 3.63) is 65.7 Å². The number of nitrogens with zero attached hydrogens (tertiary/aromatic N) is 1. The number of halogens is 1. The molecule has 10 heteroatoms. The van der Waals surface area contributed by atoms with Gasteiger partial charge in [0.05, 0.1) is 12.2 Å². The summed E-state index contributed by atoms with van der Waals surface area (Å²) in [5.74, 6) is -0.901. The third kappa shape index (κ3) is 7.60. The number of amides is 2. The fourth-order valence-corrected chi connectivity index (χ4v) is 3.50. The molecule has 174 valence electrons. The number of alkyl carbamates (subject to hydrolysis) is 1. The van der Waals surface area contributed by atoms with Gasteiger partial charge in [0.25, 0.3) is 0 Å². The Morgan fingerprint density at radius 2 is 1.85 bits per heavy atom. The van der Waals surface area contributed by atoms with Crippen LogP contribution in [0.25, 0.3) is 0 Å². The van der Waals surface area contributed by atoms with Gasteiger partial charge in [-0.05, 0) is 52.7 Å². The average Bonchev–Trinajstić information content (AvgIpc) is 3.23. The number of rotatable bonds is 9. The maximum absolute atomic E-state index is 12.9. The van der Waals surface area contributed by atoms with Crippen molar-refractivity contribution in [1.82, 2.24) is 5.32 Å². The van der Waals surface area contributed by atoms with Crippen molar-refractivity contribution < 1.29 is 28.7 Å².